The Hall–Kier alpha value is -2.96. The number of nitrogens with zero attached hydrogens (tertiary/aromatic N) is 4. The van der Waals surface area contributed by atoms with Gasteiger partial charge in [-0.15, -0.1) is 0 Å². The van der Waals surface area contributed by atoms with E-state index in [1.807, 2.05) is 12.1 Å². The number of carbonyl (C=O) groups is 1. The Morgan fingerprint density at radius 1 is 1.26 bits per heavy atom. The fourth-order valence-corrected chi connectivity index (χ4v) is 1.63. The lowest BCUT2D eigenvalue weighted by molar-refractivity contribution is 0.0686. The zero-order chi connectivity index (χ0) is 13.2. The van der Waals surface area contributed by atoms with Crippen LogP contribution in [0.4, 0.5) is 0 Å². The van der Waals surface area contributed by atoms with Crippen molar-refractivity contribution in [3.05, 3.63) is 48.7 Å². The van der Waals surface area contributed by atoms with Gasteiger partial charge in [-0.1, -0.05) is 5.16 Å². The summed E-state index contributed by atoms with van der Waals surface area (Å²) in [4.78, 5) is 14.6. The molecule has 0 saturated carbocycles. The number of aromatic carboxylic acids is 1. The fourth-order valence-electron chi connectivity index (χ4n) is 1.63. The zero-order valence-electron chi connectivity index (χ0n) is 9.59. The van der Waals surface area contributed by atoms with E-state index in [0.717, 1.165) is 11.3 Å². The van der Waals surface area contributed by atoms with Crippen molar-refractivity contribution in [2.75, 3.05) is 0 Å². The number of hydrogen-bond acceptors (Lipinski definition) is 5. The quantitative estimate of drug-likeness (QED) is 0.765. The molecule has 0 unspecified atom stereocenters. The van der Waals surface area contributed by atoms with Crippen LogP contribution >= 0.6 is 0 Å². The van der Waals surface area contributed by atoms with E-state index in [4.69, 9.17) is 9.63 Å². The van der Waals surface area contributed by atoms with Crippen LogP contribution < -0.4 is 0 Å². The van der Waals surface area contributed by atoms with Gasteiger partial charge in [-0.25, -0.2) is 14.5 Å². The van der Waals surface area contributed by atoms with E-state index >= 15 is 0 Å². The SMILES string of the molecule is O=C(O)c1cc(-c2ccc(-n3cncn3)cc2)on1. The lowest BCUT2D eigenvalue weighted by Gasteiger charge is -2.00. The first-order chi connectivity index (χ1) is 9.24. The van der Waals surface area contributed by atoms with E-state index in [-0.39, 0.29) is 5.69 Å². The third-order valence-electron chi connectivity index (χ3n) is 2.56. The maximum atomic E-state index is 10.7. The summed E-state index contributed by atoms with van der Waals surface area (Å²) in [6, 6.07) is 8.62. The molecular weight excluding hydrogens is 248 g/mol. The highest BCUT2D eigenvalue weighted by Crippen LogP contribution is 2.21. The van der Waals surface area contributed by atoms with Crippen LogP contribution in [0.25, 0.3) is 17.0 Å². The molecule has 7 heteroatoms. The highest BCUT2D eigenvalue weighted by Gasteiger charge is 2.12. The van der Waals surface area contributed by atoms with Crippen molar-refractivity contribution < 1.29 is 14.4 Å². The van der Waals surface area contributed by atoms with Crippen LogP contribution in [0, 0.1) is 0 Å². The van der Waals surface area contributed by atoms with Gasteiger partial charge >= 0.3 is 5.97 Å². The van der Waals surface area contributed by atoms with Gasteiger partial charge in [0, 0.05) is 11.6 Å². The summed E-state index contributed by atoms with van der Waals surface area (Å²) in [6.45, 7) is 0. The molecule has 2 heterocycles. The molecule has 3 aromatic rings. The Labute approximate surface area is 107 Å². The number of benzene rings is 1. The molecule has 19 heavy (non-hydrogen) atoms. The molecule has 0 atom stereocenters. The summed E-state index contributed by atoms with van der Waals surface area (Å²) in [5, 5.41) is 16.2. The lowest BCUT2D eigenvalue weighted by atomic mass is 10.1. The molecule has 0 aliphatic carbocycles. The summed E-state index contributed by atoms with van der Waals surface area (Å²) >= 11 is 0. The molecule has 1 aromatic carbocycles. The van der Waals surface area contributed by atoms with Crippen LogP contribution in [0.3, 0.4) is 0 Å². The summed E-state index contributed by atoms with van der Waals surface area (Å²) in [6.07, 6.45) is 3.04. The maximum Gasteiger partial charge on any atom is 0.358 e. The van der Waals surface area contributed by atoms with E-state index in [1.54, 1.807) is 23.1 Å². The first kappa shape index (κ1) is 11.1. The fraction of sp³-hybridized carbons (Fsp3) is 0. The van der Waals surface area contributed by atoms with Crippen molar-refractivity contribution in [3.8, 4) is 17.0 Å². The smallest absolute Gasteiger partial charge is 0.358 e. The molecule has 0 amide bonds. The third kappa shape index (κ3) is 2.08. The molecule has 0 aliphatic heterocycles. The van der Waals surface area contributed by atoms with Crippen molar-refractivity contribution >= 4 is 5.97 Å². The van der Waals surface area contributed by atoms with Crippen molar-refractivity contribution in [1.82, 2.24) is 19.9 Å². The van der Waals surface area contributed by atoms with Crippen molar-refractivity contribution in [1.29, 1.82) is 0 Å². The average molecular weight is 256 g/mol. The zero-order valence-corrected chi connectivity index (χ0v) is 9.59. The molecule has 0 spiro atoms. The van der Waals surface area contributed by atoms with Gasteiger partial charge in [0.15, 0.2) is 11.5 Å². The minimum absolute atomic E-state index is 0.115. The summed E-state index contributed by atoms with van der Waals surface area (Å²) in [5.41, 5.74) is 1.47. The molecule has 94 valence electrons. The van der Waals surface area contributed by atoms with Crippen LogP contribution in [-0.2, 0) is 0 Å². The topological polar surface area (TPSA) is 94.0 Å². The average Bonchev–Trinajstić information content (AvgIpc) is 3.11. The standard InChI is InChI=1S/C12H8N4O3/c17-12(18)10-5-11(19-15-10)8-1-3-9(4-2-8)16-7-13-6-14-16/h1-7H,(H,17,18). The minimum Gasteiger partial charge on any atom is -0.476 e. The first-order valence-corrected chi connectivity index (χ1v) is 5.39. The van der Waals surface area contributed by atoms with Crippen LogP contribution in [0.5, 0.6) is 0 Å². The summed E-state index contributed by atoms with van der Waals surface area (Å²) in [5.74, 6) is -0.711. The lowest BCUT2D eigenvalue weighted by Crippen LogP contribution is -1.94. The molecule has 3 rings (SSSR count). The van der Waals surface area contributed by atoms with Gasteiger partial charge in [0.1, 0.15) is 12.7 Å². The molecule has 0 fully saturated rings. The van der Waals surface area contributed by atoms with Gasteiger partial charge in [-0.2, -0.15) is 5.10 Å². The monoisotopic (exact) mass is 256 g/mol. The van der Waals surface area contributed by atoms with E-state index in [0.29, 0.717) is 5.76 Å². The van der Waals surface area contributed by atoms with E-state index in [2.05, 4.69) is 15.2 Å². The Kier molecular flexibility index (Phi) is 2.57. The van der Waals surface area contributed by atoms with Gasteiger partial charge in [0.2, 0.25) is 0 Å². The second-order valence-corrected chi connectivity index (χ2v) is 3.77. The van der Waals surface area contributed by atoms with Crippen LogP contribution in [0.15, 0.2) is 47.5 Å². The van der Waals surface area contributed by atoms with E-state index in [1.165, 1.54) is 12.4 Å². The predicted octanol–water partition coefficient (Wildman–Crippen LogP) is 1.62. The minimum atomic E-state index is -1.12. The predicted molar refractivity (Wildman–Crippen MR) is 63.8 cm³/mol. The van der Waals surface area contributed by atoms with Crippen molar-refractivity contribution in [2.24, 2.45) is 0 Å². The largest absolute Gasteiger partial charge is 0.476 e. The number of rotatable bonds is 3. The Bertz CT molecular complexity index is 701. The van der Waals surface area contributed by atoms with Crippen molar-refractivity contribution in [3.63, 3.8) is 0 Å². The van der Waals surface area contributed by atoms with E-state index < -0.39 is 5.97 Å². The molecule has 0 bridgehead atoms. The van der Waals surface area contributed by atoms with Crippen LogP contribution in [0.2, 0.25) is 0 Å². The number of hydrogen-bond donors (Lipinski definition) is 1. The molecule has 0 aliphatic rings. The second kappa shape index (κ2) is 4.37. The normalized spacial score (nSPS) is 10.5. The van der Waals surface area contributed by atoms with E-state index in [9.17, 15) is 4.79 Å². The molecule has 2 aromatic heterocycles. The van der Waals surface area contributed by atoms with Crippen molar-refractivity contribution in [2.45, 2.75) is 0 Å². The first-order valence-electron chi connectivity index (χ1n) is 5.39. The Morgan fingerprint density at radius 3 is 2.63 bits per heavy atom. The number of carboxylic acids is 1. The molecule has 0 saturated heterocycles. The van der Waals surface area contributed by atoms with Crippen LogP contribution in [0.1, 0.15) is 10.5 Å². The van der Waals surface area contributed by atoms with Gasteiger partial charge in [-0.3, -0.25) is 0 Å². The van der Waals surface area contributed by atoms with Crippen LogP contribution in [-0.4, -0.2) is 31.0 Å². The highest BCUT2D eigenvalue weighted by atomic mass is 16.5. The molecule has 1 N–H and O–H groups in total. The van der Waals surface area contributed by atoms with Gasteiger partial charge in [-0.05, 0) is 24.3 Å². The summed E-state index contributed by atoms with van der Waals surface area (Å²) in [7, 11) is 0. The van der Waals surface area contributed by atoms with Gasteiger partial charge < -0.3 is 9.63 Å². The second-order valence-electron chi connectivity index (χ2n) is 3.77. The molecular formula is C12H8N4O3. The molecule has 0 radical (unpaired) electrons. The van der Waals surface area contributed by atoms with Gasteiger partial charge in [0.25, 0.3) is 0 Å². The Morgan fingerprint density at radius 2 is 2.05 bits per heavy atom. The Balaban J connectivity index is 1.91. The third-order valence-corrected chi connectivity index (χ3v) is 2.56. The number of aromatic nitrogens is 4. The molecule has 7 nitrogen and oxygen atoms in total. The summed E-state index contributed by atoms with van der Waals surface area (Å²) < 4.78 is 6.59. The maximum absolute atomic E-state index is 10.7. The number of carboxylic acid groups (broad SMARTS) is 1. The van der Waals surface area contributed by atoms with Gasteiger partial charge in [0.05, 0.1) is 5.69 Å². The highest BCUT2D eigenvalue weighted by molar-refractivity contribution is 5.86.